The van der Waals surface area contributed by atoms with Crippen molar-refractivity contribution in [2.75, 3.05) is 19.8 Å². The molecule has 1 aromatic rings. The summed E-state index contributed by atoms with van der Waals surface area (Å²) in [4.78, 5) is 26.9. The van der Waals surface area contributed by atoms with Crippen molar-refractivity contribution in [2.24, 2.45) is 0 Å². The van der Waals surface area contributed by atoms with Gasteiger partial charge in [0.2, 0.25) is 0 Å². The first-order valence-corrected chi connectivity index (χ1v) is 8.22. The van der Waals surface area contributed by atoms with Crippen LogP contribution < -0.4 is 4.74 Å². The van der Waals surface area contributed by atoms with Crippen LogP contribution >= 0.6 is 0 Å². The lowest BCUT2D eigenvalue weighted by molar-refractivity contribution is -0.142. The van der Waals surface area contributed by atoms with Gasteiger partial charge in [-0.15, -0.1) is 0 Å². The van der Waals surface area contributed by atoms with E-state index in [0.717, 1.165) is 0 Å². The van der Waals surface area contributed by atoms with Crippen molar-refractivity contribution in [3.63, 3.8) is 0 Å². The number of rotatable bonds is 10. The molecule has 7 nitrogen and oxygen atoms in total. The van der Waals surface area contributed by atoms with E-state index in [1.165, 1.54) is 6.08 Å². The number of aliphatic hydroxyl groups is 1. The fourth-order valence-corrected chi connectivity index (χ4v) is 2.02. The highest BCUT2D eigenvalue weighted by atomic mass is 16.6. The topological polar surface area (TPSA) is 97.9 Å². The molecule has 1 rings (SSSR count). The zero-order valence-electron chi connectivity index (χ0n) is 15.1. The van der Waals surface area contributed by atoms with Gasteiger partial charge in [0, 0.05) is 31.2 Å². The fourth-order valence-electron chi connectivity index (χ4n) is 2.02. The average molecular weight is 353 g/mol. The van der Waals surface area contributed by atoms with Crippen molar-refractivity contribution < 1.29 is 28.9 Å². The molecule has 0 unspecified atom stereocenters. The number of ether oxygens (including phenoxy) is 3. The first-order valence-electron chi connectivity index (χ1n) is 8.22. The Hall–Kier alpha value is -2.28. The molecule has 140 valence electrons. The first kappa shape index (κ1) is 20.8. The van der Waals surface area contributed by atoms with Crippen LogP contribution in [0.4, 0.5) is 0 Å². The summed E-state index contributed by atoms with van der Waals surface area (Å²) in [5.74, 6) is -0.442. The van der Waals surface area contributed by atoms with Crippen molar-refractivity contribution >= 4 is 11.9 Å². The van der Waals surface area contributed by atoms with Crippen LogP contribution in [0.1, 0.15) is 49.7 Å². The number of nitrogens with one attached hydrogen (secondary N) is 1. The number of aromatic nitrogens is 1. The lowest BCUT2D eigenvalue weighted by Crippen LogP contribution is -2.24. The molecular formula is C18H27NO6. The number of aliphatic hydroxyl groups excluding tert-OH is 1. The van der Waals surface area contributed by atoms with Crippen molar-refractivity contribution in [3.8, 4) is 5.75 Å². The molecule has 0 aliphatic heterocycles. The van der Waals surface area contributed by atoms with E-state index in [2.05, 4.69) is 11.6 Å². The zero-order valence-corrected chi connectivity index (χ0v) is 15.1. The van der Waals surface area contributed by atoms with Gasteiger partial charge in [-0.2, -0.15) is 0 Å². The number of H-pyrrole nitrogens is 1. The van der Waals surface area contributed by atoms with Crippen LogP contribution in [0.3, 0.4) is 0 Å². The molecule has 7 heteroatoms. The molecule has 0 fully saturated rings. The summed E-state index contributed by atoms with van der Waals surface area (Å²) in [5, 5.41) is 8.86. The molecule has 25 heavy (non-hydrogen) atoms. The minimum Gasteiger partial charge on any atom is -0.492 e. The summed E-state index contributed by atoms with van der Waals surface area (Å²) in [6.45, 7) is 9.27. The number of aromatic amines is 1. The highest BCUT2D eigenvalue weighted by molar-refractivity contribution is 5.90. The minimum atomic E-state index is -0.639. The SMILES string of the molecule is C=CCOC(=O)CCc1c(OCCCO)c[nH]c1C(=O)OC(C)(C)C. The van der Waals surface area contributed by atoms with E-state index in [4.69, 9.17) is 19.3 Å². The summed E-state index contributed by atoms with van der Waals surface area (Å²) >= 11 is 0. The Morgan fingerprint density at radius 3 is 2.68 bits per heavy atom. The largest absolute Gasteiger partial charge is 0.492 e. The molecule has 0 saturated heterocycles. The normalized spacial score (nSPS) is 11.0. The van der Waals surface area contributed by atoms with E-state index >= 15 is 0 Å². The highest BCUT2D eigenvalue weighted by Crippen LogP contribution is 2.26. The summed E-state index contributed by atoms with van der Waals surface area (Å²) in [6, 6.07) is 0. The Morgan fingerprint density at radius 2 is 2.08 bits per heavy atom. The third-order valence-corrected chi connectivity index (χ3v) is 3.05. The molecule has 0 bridgehead atoms. The van der Waals surface area contributed by atoms with E-state index in [0.29, 0.717) is 24.3 Å². The predicted molar refractivity (Wildman–Crippen MR) is 92.6 cm³/mol. The molecule has 0 atom stereocenters. The molecule has 0 aliphatic carbocycles. The van der Waals surface area contributed by atoms with Crippen LogP contribution in [0.15, 0.2) is 18.9 Å². The van der Waals surface area contributed by atoms with E-state index in [-0.39, 0.29) is 31.7 Å². The monoisotopic (exact) mass is 353 g/mol. The maximum absolute atomic E-state index is 12.4. The number of esters is 2. The summed E-state index contributed by atoms with van der Waals surface area (Å²) in [7, 11) is 0. The standard InChI is InChI=1S/C18H27NO6/c1-5-10-24-15(21)8-7-13-14(23-11-6-9-20)12-19-16(13)17(22)25-18(2,3)4/h5,12,19-20H,1,6-11H2,2-4H3. The molecule has 2 N–H and O–H groups in total. The fraction of sp³-hybridized carbons (Fsp3) is 0.556. The molecule has 0 aliphatic rings. The van der Waals surface area contributed by atoms with Gasteiger partial charge in [0.1, 0.15) is 23.7 Å². The maximum Gasteiger partial charge on any atom is 0.355 e. The Bertz CT molecular complexity index is 585. The van der Waals surface area contributed by atoms with Crippen molar-refractivity contribution in [2.45, 2.75) is 45.6 Å². The highest BCUT2D eigenvalue weighted by Gasteiger charge is 2.24. The predicted octanol–water partition coefficient (Wildman–Crippen LogP) is 2.39. The Kier molecular flexibility index (Phi) is 8.21. The number of hydrogen-bond acceptors (Lipinski definition) is 6. The van der Waals surface area contributed by atoms with Gasteiger partial charge in [0.25, 0.3) is 0 Å². The molecule has 0 amide bonds. The Balaban J connectivity index is 2.89. The van der Waals surface area contributed by atoms with Gasteiger partial charge >= 0.3 is 11.9 Å². The second-order valence-electron chi connectivity index (χ2n) is 6.41. The summed E-state index contributed by atoms with van der Waals surface area (Å²) in [6.07, 6.45) is 3.87. The third-order valence-electron chi connectivity index (χ3n) is 3.05. The van der Waals surface area contributed by atoms with E-state index < -0.39 is 17.5 Å². The zero-order chi connectivity index (χ0) is 18.9. The summed E-state index contributed by atoms with van der Waals surface area (Å²) < 4.78 is 15.9. The van der Waals surface area contributed by atoms with Crippen LogP contribution in [-0.4, -0.2) is 47.5 Å². The van der Waals surface area contributed by atoms with Gasteiger partial charge in [-0.3, -0.25) is 4.79 Å². The second kappa shape index (κ2) is 9.88. The van der Waals surface area contributed by atoms with Gasteiger partial charge in [-0.05, 0) is 27.2 Å². The van der Waals surface area contributed by atoms with Crippen LogP contribution in [0.5, 0.6) is 5.75 Å². The number of hydrogen-bond donors (Lipinski definition) is 2. The Morgan fingerprint density at radius 1 is 1.36 bits per heavy atom. The van der Waals surface area contributed by atoms with Crippen LogP contribution in [0, 0.1) is 0 Å². The van der Waals surface area contributed by atoms with Crippen LogP contribution in [-0.2, 0) is 20.7 Å². The van der Waals surface area contributed by atoms with Crippen LogP contribution in [0.2, 0.25) is 0 Å². The average Bonchev–Trinajstić information content (AvgIpc) is 2.92. The maximum atomic E-state index is 12.4. The molecule has 0 aromatic carbocycles. The lowest BCUT2D eigenvalue weighted by Gasteiger charge is -2.19. The lowest BCUT2D eigenvalue weighted by atomic mass is 10.1. The number of carbonyl (C=O) groups excluding carboxylic acids is 2. The third kappa shape index (κ3) is 7.43. The molecule has 0 saturated carbocycles. The number of carbonyl (C=O) groups is 2. The van der Waals surface area contributed by atoms with Crippen molar-refractivity contribution in [1.29, 1.82) is 0 Å². The van der Waals surface area contributed by atoms with Gasteiger partial charge < -0.3 is 24.3 Å². The van der Waals surface area contributed by atoms with E-state index in [1.54, 1.807) is 27.0 Å². The minimum absolute atomic E-state index is 0.00651. The van der Waals surface area contributed by atoms with Gasteiger partial charge in [-0.25, -0.2) is 4.79 Å². The van der Waals surface area contributed by atoms with Crippen molar-refractivity contribution in [1.82, 2.24) is 4.98 Å². The molecule has 0 radical (unpaired) electrons. The van der Waals surface area contributed by atoms with Crippen molar-refractivity contribution in [3.05, 3.63) is 30.1 Å². The molecule has 1 aromatic heterocycles. The molecule has 0 spiro atoms. The molecular weight excluding hydrogens is 326 g/mol. The Labute approximate surface area is 148 Å². The quantitative estimate of drug-likeness (QED) is 0.381. The molecule has 1 heterocycles. The second-order valence-corrected chi connectivity index (χ2v) is 6.41. The van der Waals surface area contributed by atoms with E-state index in [9.17, 15) is 9.59 Å². The van der Waals surface area contributed by atoms with Crippen LogP contribution in [0.25, 0.3) is 0 Å². The van der Waals surface area contributed by atoms with Gasteiger partial charge in [0.15, 0.2) is 0 Å². The van der Waals surface area contributed by atoms with Gasteiger partial charge in [-0.1, -0.05) is 12.7 Å². The first-order chi connectivity index (χ1) is 11.8. The van der Waals surface area contributed by atoms with E-state index in [1.807, 2.05) is 0 Å². The summed E-state index contributed by atoms with van der Waals surface area (Å²) in [5.41, 5.74) is 0.175. The smallest absolute Gasteiger partial charge is 0.355 e. The van der Waals surface area contributed by atoms with Gasteiger partial charge in [0.05, 0.1) is 6.61 Å².